The van der Waals surface area contributed by atoms with Gasteiger partial charge in [0.2, 0.25) is 5.91 Å². The number of rotatable bonds is 5. The number of anilines is 2. The van der Waals surface area contributed by atoms with Crippen LogP contribution in [0.3, 0.4) is 0 Å². The molecule has 2 unspecified atom stereocenters. The Bertz CT molecular complexity index is 1130. The van der Waals surface area contributed by atoms with Crippen molar-refractivity contribution in [2.24, 2.45) is 0 Å². The molecule has 0 radical (unpaired) electrons. The van der Waals surface area contributed by atoms with Gasteiger partial charge in [0.25, 0.3) is 0 Å². The molecule has 2 aliphatic heterocycles. The molecule has 3 amide bonds. The average molecular weight is 478 g/mol. The fourth-order valence-electron chi connectivity index (χ4n) is 4.66. The number of aromatic nitrogens is 2. The van der Waals surface area contributed by atoms with Gasteiger partial charge in [-0.05, 0) is 44.5 Å². The number of nitrogens with one attached hydrogen (secondary N) is 2. The average Bonchev–Trinajstić information content (AvgIpc) is 2.84. The monoisotopic (exact) mass is 477 g/mol. The number of nitrogens with zero attached hydrogens (tertiary/aromatic N) is 5. The Kier molecular flexibility index (Phi) is 7.46. The lowest BCUT2D eigenvalue weighted by atomic mass is 9.94. The zero-order valence-electron chi connectivity index (χ0n) is 20.4. The molecule has 10 heteroatoms. The third-order valence-electron chi connectivity index (χ3n) is 6.38. The molecule has 2 N–H and O–H groups in total. The van der Waals surface area contributed by atoms with Gasteiger partial charge in [0.15, 0.2) is 5.82 Å². The van der Waals surface area contributed by atoms with Crippen molar-refractivity contribution in [3.05, 3.63) is 35.5 Å². The SMILES string of the molecule is CCNC(=O)Nc1ccc(-c2nc3c(c(N4CCOCC4C)n2)CCN(C(C)=O)C3CC#N)cc1. The molecule has 3 heterocycles. The van der Waals surface area contributed by atoms with Crippen molar-refractivity contribution in [3.63, 3.8) is 0 Å². The summed E-state index contributed by atoms with van der Waals surface area (Å²) in [5.41, 5.74) is 3.17. The standard InChI is InChI=1S/C25H31N7O3/c1-4-27-25(34)28-19-7-5-18(6-8-19)23-29-22-20(10-12-32(17(3)33)21(22)9-11-26)24(30-23)31-13-14-35-15-16(31)2/h5-8,16,21H,4,9-10,12-15H2,1-3H3,(H2,27,28,34). The van der Waals surface area contributed by atoms with Crippen LogP contribution >= 0.6 is 0 Å². The number of morpholine rings is 1. The minimum atomic E-state index is -0.420. The lowest BCUT2D eigenvalue weighted by molar-refractivity contribution is -0.131. The van der Waals surface area contributed by atoms with Crippen LogP contribution in [0.15, 0.2) is 24.3 Å². The van der Waals surface area contributed by atoms with Crippen LogP contribution in [0.25, 0.3) is 11.4 Å². The number of amides is 3. The topological polar surface area (TPSA) is 123 Å². The number of nitriles is 1. The predicted octanol–water partition coefficient (Wildman–Crippen LogP) is 2.87. The summed E-state index contributed by atoms with van der Waals surface area (Å²) in [4.78, 5) is 38.1. The summed E-state index contributed by atoms with van der Waals surface area (Å²) in [5.74, 6) is 1.30. The minimum Gasteiger partial charge on any atom is -0.377 e. The number of hydrogen-bond donors (Lipinski definition) is 2. The zero-order chi connectivity index (χ0) is 24.9. The number of urea groups is 1. The summed E-state index contributed by atoms with van der Waals surface area (Å²) in [6.07, 6.45) is 0.794. The van der Waals surface area contributed by atoms with Crippen LogP contribution in [-0.4, -0.2) is 65.7 Å². The summed E-state index contributed by atoms with van der Waals surface area (Å²) in [5, 5.41) is 15.0. The van der Waals surface area contributed by atoms with Gasteiger partial charge in [-0.25, -0.2) is 14.8 Å². The van der Waals surface area contributed by atoms with Crippen molar-refractivity contribution in [1.29, 1.82) is 5.26 Å². The lowest BCUT2D eigenvalue weighted by Gasteiger charge is -2.40. The second kappa shape index (κ2) is 10.7. The van der Waals surface area contributed by atoms with E-state index in [1.165, 1.54) is 6.92 Å². The molecular weight excluding hydrogens is 446 g/mol. The molecule has 0 aliphatic carbocycles. The van der Waals surface area contributed by atoms with E-state index >= 15 is 0 Å². The Morgan fingerprint density at radius 2 is 2.00 bits per heavy atom. The summed E-state index contributed by atoms with van der Waals surface area (Å²) >= 11 is 0. The second-order valence-electron chi connectivity index (χ2n) is 8.75. The molecule has 0 saturated carbocycles. The Labute approximate surface area is 205 Å². The van der Waals surface area contributed by atoms with Crippen molar-refractivity contribution >= 4 is 23.4 Å². The highest BCUT2D eigenvalue weighted by Crippen LogP contribution is 2.37. The number of carbonyl (C=O) groups is 2. The van der Waals surface area contributed by atoms with Crippen LogP contribution < -0.4 is 15.5 Å². The number of ether oxygens (including phenoxy) is 1. The van der Waals surface area contributed by atoms with E-state index < -0.39 is 6.04 Å². The molecule has 1 fully saturated rings. The molecule has 0 spiro atoms. The van der Waals surface area contributed by atoms with E-state index in [4.69, 9.17) is 14.7 Å². The summed E-state index contributed by atoms with van der Waals surface area (Å²) < 4.78 is 5.64. The van der Waals surface area contributed by atoms with Gasteiger partial charge in [-0.2, -0.15) is 5.26 Å². The Morgan fingerprint density at radius 1 is 1.23 bits per heavy atom. The minimum absolute atomic E-state index is 0.0712. The summed E-state index contributed by atoms with van der Waals surface area (Å²) in [7, 11) is 0. The molecule has 2 aromatic rings. The Balaban J connectivity index is 1.78. The fourth-order valence-corrected chi connectivity index (χ4v) is 4.66. The van der Waals surface area contributed by atoms with Crippen LogP contribution in [0.2, 0.25) is 0 Å². The van der Waals surface area contributed by atoms with Crippen molar-refractivity contribution in [3.8, 4) is 17.5 Å². The Hall–Kier alpha value is -3.71. The van der Waals surface area contributed by atoms with Gasteiger partial charge < -0.3 is 25.2 Å². The summed E-state index contributed by atoms with van der Waals surface area (Å²) in [6.45, 7) is 8.49. The molecule has 0 bridgehead atoms. The smallest absolute Gasteiger partial charge is 0.319 e. The van der Waals surface area contributed by atoms with Crippen molar-refractivity contribution in [2.75, 3.05) is 43.1 Å². The van der Waals surface area contributed by atoms with Gasteiger partial charge in [-0.15, -0.1) is 0 Å². The van der Waals surface area contributed by atoms with Crippen LogP contribution in [0.5, 0.6) is 0 Å². The quantitative estimate of drug-likeness (QED) is 0.679. The Morgan fingerprint density at radius 3 is 2.66 bits per heavy atom. The highest BCUT2D eigenvalue weighted by Gasteiger charge is 2.35. The molecule has 10 nitrogen and oxygen atoms in total. The first-order valence-corrected chi connectivity index (χ1v) is 12.0. The number of fused-ring (bicyclic) bond motifs is 1. The maximum Gasteiger partial charge on any atom is 0.319 e. The van der Waals surface area contributed by atoms with Crippen LogP contribution in [0.4, 0.5) is 16.3 Å². The van der Waals surface area contributed by atoms with Crippen LogP contribution in [-0.2, 0) is 16.0 Å². The largest absolute Gasteiger partial charge is 0.377 e. The molecule has 1 saturated heterocycles. The molecule has 2 aliphatic rings. The lowest BCUT2D eigenvalue weighted by Crippen LogP contribution is -2.46. The first-order valence-electron chi connectivity index (χ1n) is 12.0. The molecule has 1 aromatic heterocycles. The van der Waals surface area contributed by atoms with E-state index in [0.717, 1.165) is 22.6 Å². The first-order chi connectivity index (χ1) is 16.9. The van der Waals surface area contributed by atoms with Crippen molar-refractivity contribution in [2.45, 2.75) is 45.7 Å². The summed E-state index contributed by atoms with van der Waals surface area (Å²) in [6, 6.07) is 9.02. The zero-order valence-corrected chi connectivity index (χ0v) is 20.4. The first kappa shape index (κ1) is 24.4. The van der Waals surface area contributed by atoms with E-state index in [9.17, 15) is 14.9 Å². The van der Waals surface area contributed by atoms with E-state index in [2.05, 4.69) is 28.5 Å². The number of carbonyl (C=O) groups excluding carboxylic acids is 2. The molecule has 35 heavy (non-hydrogen) atoms. The van der Waals surface area contributed by atoms with Crippen molar-refractivity contribution in [1.82, 2.24) is 20.2 Å². The molecule has 2 atom stereocenters. The fraction of sp³-hybridized carbons (Fsp3) is 0.480. The highest BCUT2D eigenvalue weighted by atomic mass is 16.5. The second-order valence-corrected chi connectivity index (χ2v) is 8.75. The number of hydrogen-bond acceptors (Lipinski definition) is 7. The third kappa shape index (κ3) is 5.20. The van der Waals surface area contributed by atoms with Gasteiger partial charge in [0, 0.05) is 43.4 Å². The van der Waals surface area contributed by atoms with Crippen LogP contribution in [0.1, 0.15) is 44.5 Å². The van der Waals surface area contributed by atoms with Crippen molar-refractivity contribution < 1.29 is 14.3 Å². The van der Waals surface area contributed by atoms with E-state index in [1.807, 2.05) is 19.1 Å². The van der Waals surface area contributed by atoms with Gasteiger partial charge in [-0.1, -0.05) is 0 Å². The van der Waals surface area contributed by atoms with E-state index in [1.54, 1.807) is 17.0 Å². The third-order valence-corrected chi connectivity index (χ3v) is 6.38. The maximum atomic E-state index is 12.4. The van der Waals surface area contributed by atoms with Gasteiger partial charge in [0.1, 0.15) is 5.82 Å². The molecule has 1 aromatic carbocycles. The number of benzene rings is 1. The maximum absolute atomic E-state index is 12.4. The highest BCUT2D eigenvalue weighted by molar-refractivity contribution is 5.89. The van der Waals surface area contributed by atoms with E-state index in [0.29, 0.717) is 50.8 Å². The normalized spacial score (nSPS) is 19.5. The van der Waals surface area contributed by atoms with Crippen LogP contribution in [0, 0.1) is 11.3 Å². The van der Waals surface area contributed by atoms with Gasteiger partial charge in [0.05, 0.1) is 43.5 Å². The molecule has 184 valence electrons. The van der Waals surface area contributed by atoms with E-state index in [-0.39, 0.29) is 24.4 Å². The van der Waals surface area contributed by atoms with Gasteiger partial charge in [-0.3, -0.25) is 4.79 Å². The molecule has 4 rings (SSSR count). The van der Waals surface area contributed by atoms with Gasteiger partial charge >= 0.3 is 6.03 Å². The predicted molar refractivity (Wildman–Crippen MR) is 132 cm³/mol. The molecular formula is C25H31N7O3.